The Morgan fingerprint density at radius 2 is 0.697 bits per heavy atom. The second kappa shape index (κ2) is 17.2. The second-order valence-electron chi connectivity index (χ2n) is 18.6. The number of aromatic nitrogens is 4. The fraction of sp³-hybridized carbons (Fsp3) is 0.107. The first-order valence-electron chi connectivity index (χ1n) is 21.9. The normalized spacial score (nSPS) is 12.0. The second-order valence-corrected chi connectivity index (χ2v) is 28.1. The van der Waals surface area contributed by atoms with E-state index in [1.54, 1.807) is 0 Å². The molecular weight excluding hydrogens is 841 g/mol. The fourth-order valence-electron chi connectivity index (χ4n) is 8.01. The molecule has 8 nitrogen and oxygen atoms in total. The molecule has 0 radical (unpaired) electrons. The highest BCUT2D eigenvalue weighted by atomic mass is 28.3. The van der Waals surface area contributed by atoms with Gasteiger partial charge in [-0.3, -0.25) is 10.8 Å². The molecule has 4 aromatic carbocycles. The molecule has 5 heterocycles. The van der Waals surface area contributed by atoms with Crippen LogP contribution in [0.1, 0.15) is 45.0 Å². The molecule has 0 atom stereocenters. The van der Waals surface area contributed by atoms with Gasteiger partial charge in [0.15, 0.2) is 0 Å². The molecular formula is C56H50N8Si2. The number of nitrogens with zero attached hydrogens (tertiary/aromatic N) is 2. The van der Waals surface area contributed by atoms with Crippen molar-refractivity contribution >= 4 is 74.2 Å². The van der Waals surface area contributed by atoms with Crippen molar-refractivity contribution in [3.63, 3.8) is 0 Å². The number of H-pyrrole nitrogens is 2. The first kappa shape index (κ1) is 43.2. The highest BCUT2D eigenvalue weighted by Gasteiger charge is 2.20. The van der Waals surface area contributed by atoms with Crippen LogP contribution in [-0.4, -0.2) is 47.8 Å². The number of nitrogens with one attached hydrogen (secondary N) is 4. The first-order valence-corrected chi connectivity index (χ1v) is 28.9. The number of hydrogen-bond donors (Lipinski definition) is 6. The fourth-order valence-corrected chi connectivity index (χ4v) is 9.05. The number of benzene rings is 4. The summed E-state index contributed by atoms with van der Waals surface area (Å²) >= 11 is 0. The van der Waals surface area contributed by atoms with Crippen molar-refractivity contribution in [1.82, 2.24) is 19.9 Å². The minimum atomic E-state index is -1.58. The van der Waals surface area contributed by atoms with Gasteiger partial charge in [0.1, 0.15) is 27.8 Å². The van der Waals surface area contributed by atoms with Crippen molar-refractivity contribution in [1.29, 1.82) is 10.8 Å². The van der Waals surface area contributed by atoms with E-state index in [0.717, 1.165) is 100 Å². The van der Waals surface area contributed by atoms with Gasteiger partial charge in [-0.25, -0.2) is 9.97 Å². The molecule has 2 aliphatic heterocycles. The lowest BCUT2D eigenvalue weighted by Crippen LogP contribution is -2.16. The van der Waals surface area contributed by atoms with Gasteiger partial charge in [0.25, 0.3) is 0 Å². The molecule has 322 valence electrons. The number of aromatic amines is 2. The van der Waals surface area contributed by atoms with Gasteiger partial charge in [-0.05, 0) is 95.1 Å². The number of hydrogen-bond acceptors (Lipinski definition) is 4. The molecule has 0 aliphatic carbocycles. The average molecular weight is 891 g/mol. The maximum Gasteiger partial charge on any atom is 0.129 e. The number of nitrogens with two attached hydrogens (primary N) is 2. The minimum absolute atomic E-state index is 0.00855. The van der Waals surface area contributed by atoms with Crippen molar-refractivity contribution in [2.75, 3.05) is 0 Å². The zero-order chi connectivity index (χ0) is 46.3. The van der Waals surface area contributed by atoms with E-state index in [1.165, 1.54) is 0 Å². The number of rotatable bonds is 6. The Morgan fingerprint density at radius 1 is 0.409 bits per heavy atom. The maximum atomic E-state index is 8.09. The van der Waals surface area contributed by atoms with E-state index < -0.39 is 16.1 Å². The zero-order valence-corrected chi connectivity index (χ0v) is 39.9. The summed E-state index contributed by atoms with van der Waals surface area (Å²) in [6.07, 6.45) is 8.26. The van der Waals surface area contributed by atoms with E-state index in [1.807, 2.05) is 48.5 Å². The Bertz CT molecular complexity index is 3310. The smallest absolute Gasteiger partial charge is 0.129 e. The van der Waals surface area contributed by atoms with Crippen molar-refractivity contribution in [2.24, 2.45) is 11.5 Å². The Balaban J connectivity index is 1.39. The SMILES string of the molecule is C[Si](C)(C)C#Cc1ccc(-c2c3nc(c(-c4ccc(C(=N)N)cc4)c4ccc([nH]4)c(-c4ccc(C#C[Si](C)(C)C)cc4)c4ccc([nH]4)c(-c4ccc(C(=N)N)cc4)c4nc2C=C4)C=C3)cc1. The van der Waals surface area contributed by atoms with E-state index in [4.69, 9.17) is 32.3 Å². The van der Waals surface area contributed by atoms with Crippen LogP contribution in [0.25, 0.3) is 90.9 Å². The summed E-state index contributed by atoms with van der Waals surface area (Å²) in [5.41, 5.74) is 36.2. The summed E-state index contributed by atoms with van der Waals surface area (Å²) < 4.78 is 0. The topological polar surface area (TPSA) is 157 Å². The Labute approximate surface area is 387 Å². The molecule has 3 aromatic heterocycles. The lowest BCUT2D eigenvalue weighted by atomic mass is 10.0. The van der Waals surface area contributed by atoms with Crippen LogP contribution < -0.4 is 11.5 Å². The van der Waals surface area contributed by atoms with E-state index in [-0.39, 0.29) is 11.7 Å². The van der Waals surface area contributed by atoms with Gasteiger partial charge in [0.2, 0.25) is 0 Å². The minimum Gasteiger partial charge on any atom is -0.384 e. The predicted octanol–water partition coefficient (Wildman–Crippen LogP) is 12.3. The average Bonchev–Trinajstić information content (AvgIpc) is 4.14. The third kappa shape index (κ3) is 9.15. The van der Waals surface area contributed by atoms with Crippen molar-refractivity contribution in [3.05, 3.63) is 166 Å². The molecule has 8 N–H and O–H groups in total. The molecule has 8 bridgehead atoms. The zero-order valence-electron chi connectivity index (χ0n) is 37.9. The lowest BCUT2D eigenvalue weighted by molar-refractivity contribution is 1.27. The quantitative estimate of drug-likeness (QED) is 0.0425. The molecule has 0 amide bonds. The summed E-state index contributed by atoms with van der Waals surface area (Å²) in [5, 5.41) is 16.2. The number of nitrogen functional groups attached to an aromatic ring is 2. The van der Waals surface area contributed by atoms with Crippen molar-refractivity contribution < 1.29 is 0 Å². The van der Waals surface area contributed by atoms with Gasteiger partial charge in [-0.15, -0.1) is 11.1 Å². The van der Waals surface area contributed by atoms with Crippen LogP contribution in [0.2, 0.25) is 39.3 Å². The monoisotopic (exact) mass is 890 g/mol. The van der Waals surface area contributed by atoms with Gasteiger partial charge in [-0.1, -0.05) is 124 Å². The van der Waals surface area contributed by atoms with Gasteiger partial charge in [0.05, 0.1) is 22.8 Å². The third-order valence-corrected chi connectivity index (χ3v) is 13.0. The van der Waals surface area contributed by atoms with Gasteiger partial charge >= 0.3 is 0 Å². The maximum absolute atomic E-state index is 8.09. The molecule has 66 heavy (non-hydrogen) atoms. The summed E-state index contributed by atoms with van der Waals surface area (Å²) in [7, 11) is -3.16. The predicted molar refractivity (Wildman–Crippen MR) is 283 cm³/mol. The molecule has 0 saturated heterocycles. The van der Waals surface area contributed by atoms with Crippen LogP contribution in [0.5, 0.6) is 0 Å². The van der Waals surface area contributed by atoms with Crippen LogP contribution >= 0.6 is 0 Å². The summed E-state index contributed by atoms with van der Waals surface area (Å²) in [5.74, 6) is 6.83. The Kier molecular flexibility index (Phi) is 11.2. The molecule has 0 saturated carbocycles. The number of fused-ring (bicyclic) bond motifs is 8. The van der Waals surface area contributed by atoms with Gasteiger partial charge in [0, 0.05) is 66.6 Å². The third-order valence-electron chi connectivity index (χ3n) is 11.2. The molecule has 0 fully saturated rings. The molecule has 0 unspecified atom stereocenters. The molecule has 7 aromatic rings. The molecule has 9 rings (SSSR count). The van der Waals surface area contributed by atoms with E-state index >= 15 is 0 Å². The Hall–Kier alpha value is -8.03. The van der Waals surface area contributed by atoms with Gasteiger partial charge < -0.3 is 21.4 Å². The lowest BCUT2D eigenvalue weighted by Gasteiger charge is -2.08. The van der Waals surface area contributed by atoms with Crippen molar-refractivity contribution in [2.45, 2.75) is 39.3 Å². The van der Waals surface area contributed by atoms with E-state index in [9.17, 15) is 0 Å². The summed E-state index contributed by atoms with van der Waals surface area (Å²) in [6, 6.07) is 40.8. The summed E-state index contributed by atoms with van der Waals surface area (Å²) in [6.45, 7) is 13.5. The molecule has 10 heteroatoms. The number of amidine groups is 2. The van der Waals surface area contributed by atoms with E-state index in [2.05, 4.69) is 169 Å². The Morgan fingerprint density at radius 3 is 1.03 bits per heavy atom. The summed E-state index contributed by atoms with van der Waals surface area (Å²) in [4.78, 5) is 18.5. The van der Waals surface area contributed by atoms with Crippen LogP contribution in [-0.2, 0) is 0 Å². The highest BCUT2D eigenvalue weighted by Crippen LogP contribution is 2.39. The first-order chi connectivity index (χ1) is 31.6. The molecule has 0 spiro atoms. The van der Waals surface area contributed by atoms with Gasteiger partial charge in [-0.2, -0.15) is 0 Å². The van der Waals surface area contributed by atoms with Crippen molar-refractivity contribution in [3.8, 4) is 67.4 Å². The largest absolute Gasteiger partial charge is 0.384 e. The van der Waals surface area contributed by atoms with Crippen LogP contribution in [0, 0.1) is 33.7 Å². The van der Waals surface area contributed by atoms with Crippen LogP contribution in [0.15, 0.2) is 121 Å². The van der Waals surface area contributed by atoms with Crippen LogP contribution in [0.4, 0.5) is 0 Å². The van der Waals surface area contributed by atoms with Crippen LogP contribution in [0.3, 0.4) is 0 Å². The molecule has 2 aliphatic rings. The highest BCUT2D eigenvalue weighted by molar-refractivity contribution is 6.84. The standard InChI is InChI=1S/C56H50N8Si2/c1-65(2,3)33-31-35-7-11-37(12-8-35)51-43-23-27-47(61-43)53(39-15-19-41(20-16-39)55(57)58)49-29-25-45(63-49)52(38-13-9-36(10-14-38)32-34-66(4,5)6)46-26-30-50(64-46)54(48-28-24-44(51)62-48)40-17-21-42(22-18-40)56(59)60/h7-30,61-62H,1-6H3,(H3,57,58)(H3,59,60). The van der Waals surface area contributed by atoms with E-state index in [0.29, 0.717) is 11.1 Å².